The van der Waals surface area contributed by atoms with Crippen molar-refractivity contribution in [1.82, 2.24) is 4.31 Å². The second-order valence-electron chi connectivity index (χ2n) is 5.32. The number of sulfonamides is 1. The molecule has 1 saturated heterocycles. The van der Waals surface area contributed by atoms with Gasteiger partial charge in [0.1, 0.15) is 0 Å². The molecule has 1 aromatic rings. The van der Waals surface area contributed by atoms with Crippen LogP contribution in [0.3, 0.4) is 0 Å². The van der Waals surface area contributed by atoms with Crippen LogP contribution in [-0.4, -0.2) is 30.4 Å². The van der Waals surface area contributed by atoms with Crippen LogP contribution < -0.4 is 0 Å². The number of hydrogen-bond donors (Lipinski definition) is 1. The first-order valence-corrected chi connectivity index (χ1v) is 8.25. The van der Waals surface area contributed by atoms with Gasteiger partial charge in [0.25, 0.3) is 0 Å². The first-order valence-electron chi connectivity index (χ1n) is 6.43. The number of piperidine rings is 1. The van der Waals surface area contributed by atoms with E-state index >= 15 is 0 Å². The Morgan fingerprint density at radius 1 is 1.37 bits per heavy atom. The molecule has 1 aliphatic carbocycles. The number of rotatable bonds is 3. The van der Waals surface area contributed by atoms with E-state index in [1.807, 2.05) is 0 Å². The maximum atomic E-state index is 12.6. The lowest BCUT2D eigenvalue weighted by molar-refractivity contribution is 0.281. The molecule has 4 nitrogen and oxygen atoms in total. The highest BCUT2D eigenvalue weighted by molar-refractivity contribution is 7.89. The first kappa shape index (κ1) is 13.4. The predicted octanol–water partition coefficient (Wildman–Crippen LogP) is 2.01. The summed E-state index contributed by atoms with van der Waals surface area (Å²) in [6.45, 7) is 0.373. The molecule has 1 saturated carbocycles. The number of aliphatic hydroxyl groups is 1. The van der Waals surface area contributed by atoms with Crippen LogP contribution in [0.5, 0.6) is 0 Å². The van der Waals surface area contributed by atoms with E-state index in [2.05, 4.69) is 0 Å². The van der Waals surface area contributed by atoms with Crippen LogP contribution in [0.25, 0.3) is 0 Å². The topological polar surface area (TPSA) is 57.6 Å². The quantitative estimate of drug-likeness (QED) is 0.929. The number of aliphatic hydroxyl groups excluding tert-OH is 1. The Morgan fingerprint density at radius 2 is 2.16 bits per heavy atom. The lowest BCUT2D eigenvalue weighted by Gasteiger charge is -2.26. The zero-order valence-corrected chi connectivity index (χ0v) is 12.0. The molecule has 19 heavy (non-hydrogen) atoms. The summed E-state index contributed by atoms with van der Waals surface area (Å²) in [5.41, 5.74) is 0.451. The highest BCUT2D eigenvalue weighted by atomic mass is 35.5. The van der Waals surface area contributed by atoms with E-state index in [9.17, 15) is 13.5 Å². The lowest BCUT2D eigenvalue weighted by atomic mass is 10.1. The Hall–Kier alpha value is -0.620. The summed E-state index contributed by atoms with van der Waals surface area (Å²) in [5.74, 6) is 0.518. The number of nitrogens with zero attached hydrogens (tertiary/aromatic N) is 1. The monoisotopic (exact) mass is 301 g/mol. The summed E-state index contributed by atoms with van der Waals surface area (Å²) >= 11 is 5.90. The Morgan fingerprint density at radius 3 is 2.74 bits per heavy atom. The zero-order valence-electron chi connectivity index (χ0n) is 10.4. The van der Waals surface area contributed by atoms with Gasteiger partial charge in [-0.3, -0.25) is 0 Å². The minimum Gasteiger partial charge on any atom is -0.392 e. The van der Waals surface area contributed by atoms with Crippen molar-refractivity contribution in [2.24, 2.45) is 5.92 Å². The number of halogens is 1. The Labute approximate surface area is 118 Å². The van der Waals surface area contributed by atoms with Crippen molar-refractivity contribution in [2.45, 2.75) is 36.8 Å². The van der Waals surface area contributed by atoms with E-state index in [4.69, 9.17) is 11.6 Å². The zero-order chi connectivity index (χ0) is 13.6. The molecule has 0 radical (unpaired) electrons. The molecule has 2 fully saturated rings. The van der Waals surface area contributed by atoms with Gasteiger partial charge in [-0.25, -0.2) is 8.42 Å². The fourth-order valence-corrected chi connectivity index (χ4v) is 5.11. The van der Waals surface area contributed by atoms with Crippen molar-refractivity contribution in [3.63, 3.8) is 0 Å². The molecule has 3 rings (SSSR count). The van der Waals surface area contributed by atoms with Crippen molar-refractivity contribution in [1.29, 1.82) is 0 Å². The third-order valence-electron chi connectivity index (χ3n) is 4.15. The van der Waals surface area contributed by atoms with Gasteiger partial charge in [-0.1, -0.05) is 11.6 Å². The van der Waals surface area contributed by atoms with Gasteiger partial charge in [-0.05, 0) is 48.9 Å². The largest absolute Gasteiger partial charge is 0.392 e. The van der Waals surface area contributed by atoms with Gasteiger partial charge < -0.3 is 5.11 Å². The van der Waals surface area contributed by atoms with Crippen LogP contribution >= 0.6 is 11.6 Å². The molecule has 2 unspecified atom stereocenters. The van der Waals surface area contributed by atoms with Gasteiger partial charge in [0, 0.05) is 17.6 Å². The summed E-state index contributed by atoms with van der Waals surface area (Å²) in [6, 6.07) is 4.68. The second-order valence-corrected chi connectivity index (χ2v) is 7.62. The maximum Gasteiger partial charge on any atom is 0.243 e. The fourth-order valence-electron chi connectivity index (χ4n) is 3.14. The SMILES string of the molecule is O=S(=O)(c1ccc(Cl)c(CO)c1)N1CC2CCC1C2. The molecule has 1 heterocycles. The summed E-state index contributed by atoms with van der Waals surface area (Å²) in [7, 11) is -3.46. The van der Waals surface area contributed by atoms with Gasteiger partial charge in [-0.15, -0.1) is 0 Å². The van der Waals surface area contributed by atoms with Gasteiger partial charge in [-0.2, -0.15) is 4.31 Å². The Kier molecular flexibility index (Phi) is 3.33. The minimum atomic E-state index is -3.46. The molecule has 1 aromatic carbocycles. The summed E-state index contributed by atoms with van der Waals surface area (Å²) < 4.78 is 26.8. The average molecular weight is 302 g/mol. The highest BCUT2D eigenvalue weighted by Gasteiger charge is 2.44. The Bertz CT molecular complexity index is 602. The molecule has 0 aromatic heterocycles. The van der Waals surface area contributed by atoms with E-state index in [1.165, 1.54) is 18.2 Å². The van der Waals surface area contributed by atoms with Crippen molar-refractivity contribution < 1.29 is 13.5 Å². The van der Waals surface area contributed by atoms with Crippen molar-refractivity contribution >= 4 is 21.6 Å². The summed E-state index contributed by atoms with van der Waals surface area (Å²) in [5, 5.41) is 9.58. The number of hydrogen-bond acceptors (Lipinski definition) is 3. The first-order chi connectivity index (χ1) is 9.02. The predicted molar refractivity (Wildman–Crippen MR) is 72.4 cm³/mol. The summed E-state index contributed by atoms with van der Waals surface area (Å²) in [6.07, 6.45) is 3.09. The molecule has 0 amide bonds. The standard InChI is InChI=1S/C13H16ClNO3S/c14-13-4-3-12(6-10(13)8-16)19(17,18)15-7-9-1-2-11(15)5-9/h3-4,6,9,11,16H,1-2,5,7-8H2. The van der Waals surface area contributed by atoms with Crippen LogP contribution in [0.2, 0.25) is 5.02 Å². The van der Waals surface area contributed by atoms with Crippen LogP contribution in [0.15, 0.2) is 23.1 Å². The lowest BCUT2D eigenvalue weighted by Crippen LogP contribution is -2.37. The molecule has 0 spiro atoms. The molecule has 2 bridgehead atoms. The maximum absolute atomic E-state index is 12.6. The minimum absolute atomic E-state index is 0.156. The normalized spacial score (nSPS) is 27.1. The molecular formula is C13H16ClNO3S. The van der Waals surface area contributed by atoms with Gasteiger partial charge in [0.15, 0.2) is 0 Å². The smallest absolute Gasteiger partial charge is 0.243 e. The third-order valence-corrected chi connectivity index (χ3v) is 6.44. The van der Waals surface area contributed by atoms with E-state index in [1.54, 1.807) is 4.31 Å². The van der Waals surface area contributed by atoms with Crippen molar-refractivity contribution in [3.8, 4) is 0 Å². The molecule has 2 aliphatic rings. The summed E-state index contributed by atoms with van der Waals surface area (Å²) in [4.78, 5) is 0.230. The van der Waals surface area contributed by atoms with E-state index < -0.39 is 10.0 Å². The van der Waals surface area contributed by atoms with Crippen LogP contribution in [0.1, 0.15) is 24.8 Å². The van der Waals surface area contributed by atoms with Gasteiger partial charge >= 0.3 is 0 Å². The Balaban J connectivity index is 1.96. The number of benzene rings is 1. The molecule has 6 heteroatoms. The van der Waals surface area contributed by atoms with Crippen LogP contribution in [0, 0.1) is 5.92 Å². The van der Waals surface area contributed by atoms with E-state index in [0.717, 1.165) is 19.3 Å². The fraction of sp³-hybridized carbons (Fsp3) is 0.538. The van der Waals surface area contributed by atoms with Crippen LogP contribution in [-0.2, 0) is 16.6 Å². The molecule has 2 atom stereocenters. The highest BCUT2D eigenvalue weighted by Crippen LogP contribution is 2.40. The van der Waals surface area contributed by atoms with Crippen molar-refractivity contribution in [2.75, 3.05) is 6.54 Å². The van der Waals surface area contributed by atoms with Gasteiger partial charge in [0.2, 0.25) is 10.0 Å². The van der Waals surface area contributed by atoms with E-state index in [0.29, 0.717) is 23.0 Å². The van der Waals surface area contributed by atoms with E-state index in [-0.39, 0.29) is 17.5 Å². The third kappa shape index (κ3) is 2.18. The van der Waals surface area contributed by atoms with Gasteiger partial charge in [0.05, 0.1) is 11.5 Å². The molecule has 104 valence electrons. The average Bonchev–Trinajstić information content (AvgIpc) is 3.01. The molecular weight excluding hydrogens is 286 g/mol. The second kappa shape index (κ2) is 4.74. The van der Waals surface area contributed by atoms with Crippen LogP contribution in [0.4, 0.5) is 0 Å². The molecule has 1 aliphatic heterocycles. The molecule has 1 N–H and O–H groups in total. The van der Waals surface area contributed by atoms with Crippen molar-refractivity contribution in [3.05, 3.63) is 28.8 Å². The number of fused-ring (bicyclic) bond motifs is 2.